The van der Waals surface area contributed by atoms with Gasteiger partial charge in [0, 0.05) is 24.7 Å². The average molecular weight is 454 g/mol. The first-order chi connectivity index (χ1) is 15.3. The van der Waals surface area contributed by atoms with Gasteiger partial charge in [0.15, 0.2) is 0 Å². The number of aryl methyl sites for hydroxylation is 1. The predicted octanol–water partition coefficient (Wildman–Crippen LogP) is 3.55. The van der Waals surface area contributed by atoms with Gasteiger partial charge in [0.1, 0.15) is 5.76 Å². The van der Waals surface area contributed by atoms with Crippen LogP contribution in [0.4, 0.5) is 11.4 Å². The van der Waals surface area contributed by atoms with E-state index in [-0.39, 0.29) is 29.7 Å². The Morgan fingerprint density at radius 2 is 1.81 bits per heavy atom. The highest BCUT2D eigenvalue weighted by Gasteiger charge is 2.15. The molecule has 0 aliphatic heterocycles. The highest BCUT2D eigenvalue weighted by molar-refractivity contribution is 7.92. The maximum atomic E-state index is 12.6. The van der Waals surface area contributed by atoms with Crippen molar-refractivity contribution >= 4 is 39.3 Å². The summed E-state index contributed by atoms with van der Waals surface area (Å²) in [6.07, 6.45) is 4.41. The quantitative estimate of drug-likeness (QED) is 0.428. The number of carbonyl (C=O) groups excluding carboxylic acids is 2. The first-order valence-electron chi connectivity index (χ1n) is 9.81. The molecule has 2 amide bonds. The molecule has 0 fully saturated rings. The van der Waals surface area contributed by atoms with Crippen molar-refractivity contribution in [2.45, 2.75) is 18.2 Å². The number of hydrogen-bond donors (Lipinski definition) is 3. The topological polar surface area (TPSA) is 118 Å². The van der Waals surface area contributed by atoms with Gasteiger partial charge in [-0.2, -0.15) is 0 Å². The zero-order chi connectivity index (χ0) is 23.0. The minimum Gasteiger partial charge on any atom is -0.465 e. The number of nitrogens with one attached hydrogen (secondary N) is 3. The van der Waals surface area contributed by atoms with E-state index in [4.69, 9.17) is 4.42 Å². The lowest BCUT2D eigenvalue weighted by Crippen LogP contribution is -2.26. The number of rotatable bonds is 9. The largest absolute Gasteiger partial charge is 0.465 e. The first-order valence-corrected chi connectivity index (χ1v) is 11.3. The second-order valence-corrected chi connectivity index (χ2v) is 8.57. The average Bonchev–Trinajstić information content (AvgIpc) is 3.29. The van der Waals surface area contributed by atoms with Crippen molar-refractivity contribution in [3.05, 3.63) is 84.3 Å². The van der Waals surface area contributed by atoms with Gasteiger partial charge < -0.3 is 15.1 Å². The molecule has 0 aliphatic carbocycles. The molecule has 1 heterocycles. The fraction of sp³-hybridized carbons (Fsp3) is 0.130. The van der Waals surface area contributed by atoms with Crippen molar-refractivity contribution in [3.8, 4) is 0 Å². The SMILES string of the molecule is Cc1ccc(NC(=O)CCNC(=O)/C=C/c2ccco2)cc1NS(=O)(=O)c1ccccc1. The molecule has 8 nitrogen and oxygen atoms in total. The van der Waals surface area contributed by atoms with Crippen LogP contribution in [0.15, 0.2) is 82.3 Å². The Morgan fingerprint density at radius 1 is 1.03 bits per heavy atom. The van der Waals surface area contributed by atoms with Crippen LogP contribution >= 0.6 is 0 Å². The molecule has 3 rings (SSSR count). The van der Waals surface area contributed by atoms with Gasteiger partial charge in [-0.15, -0.1) is 0 Å². The Kier molecular flexibility index (Phi) is 7.45. The van der Waals surface area contributed by atoms with Crippen LogP contribution in [-0.4, -0.2) is 26.8 Å². The van der Waals surface area contributed by atoms with Crippen LogP contribution < -0.4 is 15.4 Å². The van der Waals surface area contributed by atoms with Gasteiger partial charge in [0.25, 0.3) is 10.0 Å². The van der Waals surface area contributed by atoms with E-state index in [0.29, 0.717) is 22.7 Å². The number of anilines is 2. The van der Waals surface area contributed by atoms with Crippen LogP contribution in [0.1, 0.15) is 17.7 Å². The van der Waals surface area contributed by atoms with Gasteiger partial charge in [0.2, 0.25) is 11.8 Å². The fourth-order valence-electron chi connectivity index (χ4n) is 2.74. The Hall–Kier alpha value is -3.85. The molecule has 32 heavy (non-hydrogen) atoms. The number of carbonyl (C=O) groups is 2. The maximum Gasteiger partial charge on any atom is 0.261 e. The molecule has 2 aromatic carbocycles. The Morgan fingerprint density at radius 3 is 2.53 bits per heavy atom. The standard InChI is InChI=1S/C23H23N3O5S/c1-17-9-10-18(16-21(17)26-32(29,30)20-7-3-2-4-8-20)25-23(28)13-14-24-22(27)12-11-19-6-5-15-31-19/h2-12,15-16,26H,13-14H2,1H3,(H,24,27)(H,25,28)/b12-11+. The van der Waals surface area contributed by atoms with Crippen LogP contribution in [0.5, 0.6) is 0 Å². The fourth-order valence-corrected chi connectivity index (χ4v) is 3.88. The summed E-state index contributed by atoms with van der Waals surface area (Å²) in [6, 6.07) is 16.4. The third-order valence-corrected chi connectivity index (χ3v) is 5.79. The molecule has 3 N–H and O–H groups in total. The number of hydrogen-bond acceptors (Lipinski definition) is 5. The van der Waals surface area contributed by atoms with Gasteiger partial charge in [-0.05, 0) is 55.0 Å². The molecule has 0 aliphatic rings. The minimum atomic E-state index is -3.75. The van der Waals surface area contributed by atoms with Crippen LogP contribution in [0.25, 0.3) is 6.08 Å². The summed E-state index contributed by atoms with van der Waals surface area (Å²) in [4.78, 5) is 24.1. The molecule has 0 saturated heterocycles. The highest BCUT2D eigenvalue weighted by atomic mass is 32.2. The Bertz CT molecular complexity index is 1200. The van der Waals surface area contributed by atoms with Crippen molar-refractivity contribution in [2.75, 3.05) is 16.6 Å². The van der Waals surface area contributed by atoms with Gasteiger partial charge in [-0.1, -0.05) is 24.3 Å². The first kappa shape index (κ1) is 22.8. The van der Waals surface area contributed by atoms with E-state index >= 15 is 0 Å². The molecule has 9 heteroatoms. The summed E-state index contributed by atoms with van der Waals surface area (Å²) in [5, 5.41) is 5.32. The molecule has 3 aromatic rings. The Balaban J connectivity index is 1.53. The number of benzene rings is 2. The highest BCUT2D eigenvalue weighted by Crippen LogP contribution is 2.23. The zero-order valence-corrected chi connectivity index (χ0v) is 18.2. The number of furan rings is 1. The van der Waals surface area contributed by atoms with Crippen molar-refractivity contribution in [3.63, 3.8) is 0 Å². The van der Waals surface area contributed by atoms with Gasteiger partial charge in [-0.25, -0.2) is 8.42 Å². The molecule has 0 bridgehead atoms. The van der Waals surface area contributed by atoms with E-state index in [1.807, 2.05) is 0 Å². The summed E-state index contributed by atoms with van der Waals surface area (Å²) in [5.74, 6) is -0.112. The second-order valence-electron chi connectivity index (χ2n) is 6.89. The van der Waals surface area contributed by atoms with Crippen molar-refractivity contribution < 1.29 is 22.4 Å². The Labute approximate surface area is 186 Å². The van der Waals surface area contributed by atoms with Crippen LogP contribution in [0, 0.1) is 6.92 Å². The van der Waals surface area contributed by atoms with Crippen molar-refractivity contribution in [2.24, 2.45) is 0 Å². The number of sulfonamides is 1. The predicted molar refractivity (Wildman–Crippen MR) is 122 cm³/mol. The summed E-state index contributed by atoms with van der Waals surface area (Å²) >= 11 is 0. The lowest BCUT2D eigenvalue weighted by Gasteiger charge is -2.13. The molecule has 0 atom stereocenters. The molecule has 0 radical (unpaired) electrons. The van der Waals surface area contributed by atoms with Crippen LogP contribution in [-0.2, 0) is 19.6 Å². The molecule has 0 unspecified atom stereocenters. The summed E-state index contributed by atoms with van der Waals surface area (Å²) in [6.45, 7) is 1.91. The molecular formula is C23H23N3O5S. The maximum absolute atomic E-state index is 12.6. The monoisotopic (exact) mass is 453 g/mol. The van der Waals surface area contributed by atoms with Gasteiger partial charge in [0.05, 0.1) is 16.8 Å². The molecule has 0 saturated carbocycles. The second kappa shape index (κ2) is 10.5. The smallest absolute Gasteiger partial charge is 0.261 e. The third-order valence-electron chi connectivity index (χ3n) is 4.41. The van der Waals surface area contributed by atoms with E-state index in [1.54, 1.807) is 55.5 Å². The van der Waals surface area contributed by atoms with Crippen molar-refractivity contribution in [1.29, 1.82) is 0 Å². The van der Waals surface area contributed by atoms with Crippen molar-refractivity contribution in [1.82, 2.24) is 5.32 Å². The molecule has 1 aromatic heterocycles. The van der Waals surface area contributed by atoms with Crippen LogP contribution in [0.3, 0.4) is 0 Å². The lowest BCUT2D eigenvalue weighted by atomic mass is 10.2. The van der Waals surface area contributed by atoms with Gasteiger partial charge >= 0.3 is 0 Å². The van der Waals surface area contributed by atoms with E-state index in [0.717, 1.165) is 0 Å². The third kappa shape index (κ3) is 6.58. The van der Waals surface area contributed by atoms with E-state index < -0.39 is 10.0 Å². The van der Waals surface area contributed by atoms with E-state index in [9.17, 15) is 18.0 Å². The molecular weight excluding hydrogens is 430 g/mol. The number of amides is 2. The van der Waals surface area contributed by atoms with E-state index in [2.05, 4.69) is 15.4 Å². The summed E-state index contributed by atoms with van der Waals surface area (Å²) < 4.78 is 32.8. The minimum absolute atomic E-state index is 0.0548. The normalized spacial score (nSPS) is 11.3. The molecule has 166 valence electrons. The summed E-state index contributed by atoms with van der Waals surface area (Å²) in [5.41, 5.74) is 1.51. The lowest BCUT2D eigenvalue weighted by molar-refractivity contribution is -0.117. The van der Waals surface area contributed by atoms with Gasteiger partial charge in [-0.3, -0.25) is 14.3 Å². The zero-order valence-electron chi connectivity index (χ0n) is 17.4. The van der Waals surface area contributed by atoms with E-state index in [1.165, 1.54) is 30.5 Å². The summed E-state index contributed by atoms with van der Waals surface area (Å²) in [7, 11) is -3.75. The molecule has 0 spiro atoms. The van der Waals surface area contributed by atoms with Crippen LogP contribution in [0.2, 0.25) is 0 Å².